The molecular formula is C12H15Cl2N5O. The van der Waals surface area contributed by atoms with E-state index in [0.717, 1.165) is 5.56 Å². The molecular weight excluding hydrogens is 301 g/mol. The van der Waals surface area contributed by atoms with Gasteiger partial charge in [-0.05, 0) is 24.6 Å². The van der Waals surface area contributed by atoms with E-state index in [9.17, 15) is 4.79 Å². The van der Waals surface area contributed by atoms with Crippen LogP contribution in [0.1, 0.15) is 12.5 Å². The number of halogens is 2. The summed E-state index contributed by atoms with van der Waals surface area (Å²) in [5.41, 5.74) is 6.48. The van der Waals surface area contributed by atoms with E-state index in [-0.39, 0.29) is 24.3 Å². The first-order valence-electron chi connectivity index (χ1n) is 5.75. The Morgan fingerprint density at radius 1 is 1.45 bits per heavy atom. The van der Waals surface area contributed by atoms with E-state index < -0.39 is 6.04 Å². The largest absolute Gasteiger partial charge is 0.320 e. The molecule has 20 heavy (non-hydrogen) atoms. The third kappa shape index (κ3) is 4.48. The van der Waals surface area contributed by atoms with Crippen molar-refractivity contribution in [2.24, 2.45) is 5.73 Å². The molecule has 0 fully saturated rings. The number of nitrogens with two attached hydrogens (primary N) is 1. The second-order valence-electron chi connectivity index (χ2n) is 4.17. The maximum Gasteiger partial charge on any atom is 0.248 e. The topological polar surface area (TPSA) is 85.8 Å². The maximum absolute atomic E-state index is 11.4. The Hall–Kier alpha value is -1.63. The number of amides is 1. The van der Waals surface area contributed by atoms with Crippen LogP contribution >= 0.6 is 24.0 Å². The zero-order valence-corrected chi connectivity index (χ0v) is 12.4. The predicted octanol–water partition coefficient (Wildman–Crippen LogP) is 1.69. The van der Waals surface area contributed by atoms with Crippen LogP contribution in [-0.2, 0) is 11.3 Å². The first kappa shape index (κ1) is 16.4. The Morgan fingerprint density at radius 2 is 2.10 bits per heavy atom. The van der Waals surface area contributed by atoms with E-state index in [2.05, 4.69) is 15.4 Å². The van der Waals surface area contributed by atoms with E-state index in [4.69, 9.17) is 17.3 Å². The van der Waals surface area contributed by atoms with Crippen LogP contribution in [0.15, 0.2) is 30.6 Å². The molecule has 0 saturated carbocycles. The quantitative estimate of drug-likeness (QED) is 0.899. The molecule has 6 nitrogen and oxygen atoms in total. The summed E-state index contributed by atoms with van der Waals surface area (Å²) in [4.78, 5) is 15.4. The third-order valence-electron chi connectivity index (χ3n) is 2.44. The minimum atomic E-state index is -0.594. The van der Waals surface area contributed by atoms with Crippen LogP contribution in [0.25, 0.3) is 0 Å². The van der Waals surface area contributed by atoms with Crippen LogP contribution in [0.3, 0.4) is 0 Å². The molecule has 1 heterocycles. The number of benzene rings is 1. The summed E-state index contributed by atoms with van der Waals surface area (Å²) in [6, 6.07) is 6.84. The van der Waals surface area contributed by atoms with Gasteiger partial charge in [-0.1, -0.05) is 23.7 Å². The average molecular weight is 316 g/mol. The monoisotopic (exact) mass is 315 g/mol. The number of rotatable bonds is 4. The summed E-state index contributed by atoms with van der Waals surface area (Å²) < 4.78 is 1.63. The van der Waals surface area contributed by atoms with Gasteiger partial charge in [-0.2, -0.15) is 0 Å². The van der Waals surface area contributed by atoms with Gasteiger partial charge in [0.05, 0.1) is 12.6 Å². The number of aromatic nitrogens is 3. The smallest absolute Gasteiger partial charge is 0.248 e. The summed E-state index contributed by atoms with van der Waals surface area (Å²) in [7, 11) is 0. The van der Waals surface area contributed by atoms with Gasteiger partial charge in [-0.3, -0.25) is 10.1 Å². The molecule has 0 bridgehead atoms. The van der Waals surface area contributed by atoms with Crippen LogP contribution in [-0.4, -0.2) is 26.7 Å². The van der Waals surface area contributed by atoms with E-state index in [1.807, 2.05) is 24.3 Å². The van der Waals surface area contributed by atoms with Crippen molar-refractivity contribution in [3.8, 4) is 0 Å². The lowest BCUT2D eigenvalue weighted by molar-refractivity contribution is -0.117. The standard InChI is InChI=1S/C12H14ClN5O.ClH/c1-8(14)11(19)16-12-15-7-18(17-12)6-9-2-4-10(13)5-3-9;/h2-5,7-8H,6,14H2,1H3,(H,16,17,19);1H. The molecule has 108 valence electrons. The van der Waals surface area contributed by atoms with Crippen molar-refractivity contribution in [1.29, 1.82) is 0 Å². The lowest BCUT2D eigenvalue weighted by atomic mass is 10.2. The van der Waals surface area contributed by atoms with Gasteiger partial charge in [0.2, 0.25) is 11.9 Å². The second-order valence-corrected chi connectivity index (χ2v) is 4.61. The van der Waals surface area contributed by atoms with Crippen molar-refractivity contribution in [2.45, 2.75) is 19.5 Å². The Bertz CT molecular complexity index is 567. The predicted molar refractivity (Wildman–Crippen MR) is 80.1 cm³/mol. The normalized spacial score (nSPS) is 11.6. The fourth-order valence-corrected chi connectivity index (χ4v) is 1.55. The number of nitrogens with zero attached hydrogens (tertiary/aromatic N) is 3. The molecule has 0 saturated heterocycles. The molecule has 1 unspecified atom stereocenters. The molecule has 0 aliphatic heterocycles. The first-order valence-corrected chi connectivity index (χ1v) is 6.13. The Kier molecular flexibility index (Phi) is 5.94. The van der Waals surface area contributed by atoms with Crippen LogP contribution in [0, 0.1) is 0 Å². The van der Waals surface area contributed by atoms with E-state index in [1.54, 1.807) is 17.9 Å². The minimum Gasteiger partial charge on any atom is -0.320 e. The van der Waals surface area contributed by atoms with Crippen molar-refractivity contribution >= 4 is 35.9 Å². The van der Waals surface area contributed by atoms with Crippen molar-refractivity contribution < 1.29 is 4.79 Å². The zero-order chi connectivity index (χ0) is 13.8. The number of nitrogens with one attached hydrogen (secondary N) is 1. The van der Waals surface area contributed by atoms with Gasteiger partial charge in [0.25, 0.3) is 0 Å². The average Bonchev–Trinajstić information content (AvgIpc) is 2.79. The summed E-state index contributed by atoms with van der Waals surface area (Å²) in [6.07, 6.45) is 1.55. The molecule has 8 heteroatoms. The minimum absolute atomic E-state index is 0. The highest BCUT2D eigenvalue weighted by atomic mass is 35.5. The molecule has 0 aliphatic carbocycles. The molecule has 0 radical (unpaired) electrons. The number of carbonyl (C=O) groups excluding carboxylic acids is 1. The molecule has 1 amide bonds. The number of hydrogen-bond donors (Lipinski definition) is 2. The van der Waals surface area contributed by atoms with Gasteiger partial charge >= 0.3 is 0 Å². The molecule has 1 atom stereocenters. The summed E-state index contributed by atoms with van der Waals surface area (Å²) in [5, 5.41) is 7.35. The van der Waals surface area contributed by atoms with Crippen molar-refractivity contribution in [3.05, 3.63) is 41.2 Å². The van der Waals surface area contributed by atoms with Gasteiger partial charge in [-0.25, -0.2) is 9.67 Å². The number of carbonyl (C=O) groups is 1. The van der Waals surface area contributed by atoms with Gasteiger partial charge in [0.15, 0.2) is 0 Å². The highest BCUT2D eigenvalue weighted by Gasteiger charge is 2.10. The van der Waals surface area contributed by atoms with Crippen LogP contribution in [0.4, 0.5) is 5.95 Å². The Morgan fingerprint density at radius 3 is 2.70 bits per heavy atom. The fraction of sp³-hybridized carbons (Fsp3) is 0.250. The first-order chi connectivity index (χ1) is 9.04. The second kappa shape index (κ2) is 7.23. The summed E-state index contributed by atoms with van der Waals surface area (Å²) in [5.74, 6) is -0.0690. The van der Waals surface area contributed by atoms with Gasteiger partial charge in [0.1, 0.15) is 6.33 Å². The summed E-state index contributed by atoms with van der Waals surface area (Å²) in [6.45, 7) is 2.15. The Balaban J connectivity index is 0.00000200. The molecule has 3 N–H and O–H groups in total. The molecule has 1 aromatic carbocycles. The third-order valence-corrected chi connectivity index (χ3v) is 2.69. The Labute approximate surface area is 127 Å². The molecule has 0 aliphatic rings. The lowest BCUT2D eigenvalue weighted by Gasteiger charge is -2.03. The summed E-state index contributed by atoms with van der Waals surface area (Å²) >= 11 is 5.81. The van der Waals surface area contributed by atoms with E-state index in [1.165, 1.54) is 0 Å². The van der Waals surface area contributed by atoms with Gasteiger partial charge < -0.3 is 5.73 Å². The van der Waals surface area contributed by atoms with Crippen molar-refractivity contribution in [2.75, 3.05) is 5.32 Å². The highest BCUT2D eigenvalue weighted by molar-refractivity contribution is 6.30. The number of hydrogen-bond acceptors (Lipinski definition) is 4. The molecule has 1 aromatic heterocycles. The van der Waals surface area contributed by atoms with Crippen LogP contribution in [0.2, 0.25) is 5.02 Å². The van der Waals surface area contributed by atoms with Crippen molar-refractivity contribution in [1.82, 2.24) is 14.8 Å². The van der Waals surface area contributed by atoms with Gasteiger partial charge in [0, 0.05) is 5.02 Å². The zero-order valence-electron chi connectivity index (χ0n) is 10.8. The maximum atomic E-state index is 11.4. The SMILES string of the molecule is CC(N)C(=O)Nc1ncn(Cc2ccc(Cl)cc2)n1.Cl. The molecule has 2 rings (SSSR count). The van der Waals surface area contributed by atoms with Crippen LogP contribution in [0.5, 0.6) is 0 Å². The highest BCUT2D eigenvalue weighted by Crippen LogP contribution is 2.10. The fourth-order valence-electron chi connectivity index (χ4n) is 1.43. The van der Waals surface area contributed by atoms with E-state index >= 15 is 0 Å². The molecule has 2 aromatic rings. The van der Waals surface area contributed by atoms with Crippen molar-refractivity contribution in [3.63, 3.8) is 0 Å². The van der Waals surface area contributed by atoms with Gasteiger partial charge in [-0.15, -0.1) is 17.5 Å². The van der Waals surface area contributed by atoms with Crippen LogP contribution < -0.4 is 11.1 Å². The number of anilines is 1. The lowest BCUT2D eigenvalue weighted by Crippen LogP contribution is -2.32. The van der Waals surface area contributed by atoms with E-state index in [0.29, 0.717) is 11.6 Å². The molecule has 0 spiro atoms.